The maximum atomic E-state index is 11.8. The highest BCUT2D eigenvalue weighted by Crippen LogP contribution is 2.21. The van der Waals surface area contributed by atoms with Gasteiger partial charge in [0.05, 0.1) is 12.2 Å². The van der Waals surface area contributed by atoms with Crippen LogP contribution in [0, 0.1) is 0 Å². The molecule has 1 atom stereocenters. The number of hydrogen-bond acceptors (Lipinski definition) is 5. The summed E-state index contributed by atoms with van der Waals surface area (Å²) in [4.78, 5) is 10.9. The lowest BCUT2D eigenvalue weighted by Gasteiger charge is -2.25. The van der Waals surface area contributed by atoms with Crippen molar-refractivity contribution in [1.82, 2.24) is 0 Å². The maximum Gasteiger partial charge on any atom is 0.335 e. The molecule has 3 N–H and O–H groups in total. The number of unbranched alkanes of at least 4 members (excludes halogenated alkanes) is 14. The number of ether oxygens (including phenoxy) is 3. The lowest BCUT2D eigenvalue weighted by Crippen LogP contribution is -2.98. The van der Waals surface area contributed by atoms with Gasteiger partial charge in [-0.15, -0.1) is 0 Å². The molecule has 0 saturated carbocycles. The van der Waals surface area contributed by atoms with E-state index in [4.69, 9.17) is 19.3 Å². The molecule has 0 spiro atoms. The smallest absolute Gasteiger partial charge is 0.335 e. The Morgan fingerprint density at radius 2 is 1.43 bits per heavy atom. The average molecular weight is 496 g/mol. The molecule has 0 aliphatic carbocycles. The van der Waals surface area contributed by atoms with Gasteiger partial charge in [0, 0.05) is 14.0 Å². The summed E-state index contributed by atoms with van der Waals surface area (Å²) < 4.78 is 16.9. The summed E-state index contributed by atoms with van der Waals surface area (Å²) in [5.41, 5.74) is -0.269. The van der Waals surface area contributed by atoms with Crippen LogP contribution in [0.4, 0.5) is 0 Å². The van der Waals surface area contributed by atoms with Crippen LogP contribution in [0.3, 0.4) is 0 Å². The minimum atomic E-state index is -1.24. The monoisotopic (exact) mass is 495 g/mol. The molecule has 1 rings (SSSR count). The van der Waals surface area contributed by atoms with Crippen molar-refractivity contribution in [1.29, 1.82) is 0 Å². The Labute approximate surface area is 212 Å². The van der Waals surface area contributed by atoms with E-state index in [1.165, 1.54) is 102 Å². The average Bonchev–Trinajstić information content (AvgIpc) is 2.83. The van der Waals surface area contributed by atoms with Crippen LogP contribution in [0.25, 0.3) is 0 Å². The molecule has 202 valence electrons. The van der Waals surface area contributed by atoms with Crippen molar-refractivity contribution in [3.05, 3.63) is 23.8 Å². The van der Waals surface area contributed by atoms with Crippen LogP contribution >= 0.6 is 0 Å². The number of aromatic carboxylic acids is 1. The Bertz CT molecular complexity index is 683. The van der Waals surface area contributed by atoms with E-state index in [0.717, 1.165) is 12.8 Å². The number of carboxylic acids is 1. The molecule has 0 fully saturated rings. The predicted molar refractivity (Wildman–Crippen MR) is 137 cm³/mol. The number of nitrogens with two attached hydrogens (primary N) is 1. The van der Waals surface area contributed by atoms with Crippen molar-refractivity contribution in [2.45, 2.75) is 116 Å². The zero-order valence-corrected chi connectivity index (χ0v) is 22.3. The third kappa shape index (κ3) is 15.0. The molecule has 0 amide bonds. The van der Waals surface area contributed by atoms with Crippen molar-refractivity contribution >= 4 is 5.97 Å². The second-order valence-electron chi connectivity index (χ2n) is 9.50. The molecular formula is C28H49NO6. The zero-order valence-electron chi connectivity index (χ0n) is 22.3. The Morgan fingerprint density at radius 3 is 1.89 bits per heavy atom. The van der Waals surface area contributed by atoms with Crippen molar-refractivity contribution in [2.24, 2.45) is 0 Å². The van der Waals surface area contributed by atoms with Crippen molar-refractivity contribution < 1.29 is 34.5 Å². The first-order chi connectivity index (χ1) is 16.9. The molecule has 0 saturated heterocycles. The first-order valence-electron chi connectivity index (χ1n) is 13.6. The van der Waals surface area contributed by atoms with Crippen molar-refractivity contribution in [3.8, 4) is 11.5 Å². The quantitative estimate of drug-likeness (QED) is 0.152. The van der Waals surface area contributed by atoms with Gasteiger partial charge in [-0.1, -0.05) is 103 Å². The molecule has 7 heteroatoms. The number of methoxy groups -OCH3 is 1. The van der Waals surface area contributed by atoms with E-state index in [0.29, 0.717) is 12.4 Å². The molecule has 1 unspecified atom stereocenters. The normalized spacial score (nSPS) is 13.0. The van der Waals surface area contributed by atoms with E-state index in [2.05, 4.69) is 6.92 Å². The summed E-state index contributed by atoms with van der Waals surface area (Å²) in [6.07, 6.45) is 19.9. The zero-order chi connectivity index (χ0) is 25.8. The number of carboxylic acid groups (broad SMARTS) is 1. The van der Waals surface area contributed by atoms with E-state index in [1.807, 2.05) is 6.92 Å². The highest BCUT2D eigenvalue weighted by atomic mass is 16.7. The SMILES string of the molecule is CCCCCCCCCCCCCCCCCOC(C)([NH2+]COc1ccc(C(=O)O)c([O-])c1)OC. The van der Waals surface area contributed by atoms with Crippen LogP contribution in [-0.4, -0.2) is 37.4 Å². The highest BCUT2D eigenvalue weighted by molar-refractivity contribution is 5.90. The number of hydrogen-bond donors (Lipinski definition) is 2. The molecule has 7 nitrogen and oxygen atoms in total. The third-order valence-corrected chi connectivity index (χ3v) is 6.43. The molecule has 1 aromatic carbocycles. The Hall–Kier alpha value is -1.83. The van der Waals surface area contributed by atoms with Gasteiger partial charge in [0.15, 0.2) is 0 Å². The van der Waals surface area contributed by atoms with Crippen LogP contribution in [0.2, 0.25) is 0 Å². The fraction of sp³-hybridized carbons (Fsp3) is 0.750. The molecule has 0 aliphatic rings. The topological polar surface area (TPSA) is 105 Å². The number of benzene rings is 1. The van der Waals surface area contributed by atoms with Crippen LogP contribution in [0.1, 0.15) is 121 Å². The van der Waals surface area contributed by atoms with Crippen LogP contribution < -0.4 is 15.2 Å². The number of quaternary nitrogens is 1. The molecule has 1 aromatic rings. The van der Waals surface area contributed by atoms with Crippen molar-refractivity contribution in [2.75, 3.05) is 20.4 Å². The number of rotatable bonds is 23. The van der Waals surface area contributed by atoms with Gasteiger partial charge in [0.2, 0.25) is 6.73 Å². The molecule has 0 aliphatic heterocycles. The largest absolute Gasteiger partial charge is 0.872 e. The molecule has 0 bridgehead atoms. The number of carbonyl (C=O) groups is 1. The van der Waals surface area contributed by atoms with Crippen LogP contribution in [0.15, 0.2) is 18.2 Å². The van der Waals surface area contributed by atoms with Gasteiger partial charge in [-0.3, -0.25) is 5.32 Å². The fourth-order valence-electron chi connectivity index (χ4n) is 4.01. The molecule has 0 heterocycles. The minimum Gasteiger partial charge on any atom is -0.872 e. The van der Waals surface area contributed by atoms with Gasteiger partial charge in [-0.05, 0) is 24.6 Å². The van der Waals surface area contributed by atoms with E-state index in [-0.39, 0.29) is 12.3 Å². The molecule has 35 heavy (non-hydrogen) atoms. The Morgan fingerprint density at radius 1 is 0.914 bits per heavy atom. The van der Waals surface area contributed by atoms with E-state index in [9.17, 15) is 9.90 Å². The van der Waals surface area contributed by atoms with Gasteiger partial charge >= 0.3 is 11.9 Å². The standard InChI is InChI=1S/C28H49NO6/c1-4-5-6-7-8-9-10-11-12-13-14-15-16-17-18-21-35-28(2,33-3)29-23-34-24-19-20-25(27(31)32)26(30)22-24/h19-20,22,29-30H,4-18,21,23H2,1-3H3,(H,31,32). The first-order valence-corrected chi connectivity index (χ1v) is 13.6. The highest BCUT2D eigenvalue weighted by Gasteiger charge is 2.28. The minimum absolute atomic E-state index is 0.176. The molecule has 0 radical (unpaired) electrons. The van der Waals surface area contributed by atoms with E-state index >= 15 is 0 Å². The van der Waals surface area contributed by atoms with Gasteiger partial charge in [0.25, 0.3) is 0 Å². The summed E-state index contributed by atoms with van der Waals surface area (Å²) in [7, 11) is 1.58. The second kappa shape index (κ2) is 19.4. The van der Waals surface area contributed by atoms with E-state index < -0.39 is 17.6 Å². The lowest BCUT2D eigenvalue weighted by molar-refractivity contribution is -0.825. The van der Waals surface area contributed by atoms with Gasteiger partial charge in [-0.25, -0.2) is 4.79 Å². The first kappa shape index (κ1) is 31.2. The Balaban J connectivity index is 2.02. The maximum absolute atomic E-state index is 11.8. The van der Waals surface area contributed by atoms with E-state index in [1.54, 1.807) is 12.4 Å². The summed E-state index contributed by atoms with van der Waals surface area (Å²) in [6, 6.07) is 3.90. The summed E-state index contributed by atoms with van der Waals surface area (Å²) in [5.74, 6) is -2.38. The summed E-state index contributed by atoms with van der Waals surface area (Å²) >= 11 is 0. The lowest BCUT2D eigenvalue weighted by atomic mass is 10.0. The van der Waals surface area contributed by atoms with Gasteiger partial charge < -0.3 is 24.4 Å². The summed E-state index contributed by atoms with van der Waals surface area (Å²) in [6.45, 7) is 4.88. The Kier molecular flexibility index (Phi) is 17.3. The predicted octanol–water partition coefficient (Wildman–Crippen LogP) is 5.57. The van der Waals surface area contributed by atoms with Crippen LogP contribution in [0.5, 0.6) is 11.5 Å². The summed E-state index contributed by atoms with van der Waals surface area (Å²) in [5, 5.41) is 22.4. The van der Waals surface area contributed by atoms with Crippen molar-refractivity contribution in [3.63, 3.8) is 0 Å². The second-order valence-corrected chi connectivity index (χ2v) is 9.50. The molecular weight excluding hydrogens is 446 g/mol. The van der Waals surface area contributed by atoms with Gasteiger partial charge in [-0.2, -0.15) is 0 Å². The molecule has 0 aromatic heterocycles. The van der Waals surface area contributed by atoms with Crippen LogP contribution in [-0.2, 0) is 9.47 Å². The van der Waals surface area contributed by atoms with Gasteiger partial charge in [0.1, 0.15) is 5.75 Å². The fourth-order valence-corrected chi connectivity index (χ4v) is 4.01. The third-order valence-electron chi connectivity index (χ3n) is 6.43.